The third-order valence-electron chi connectivity index (χ3n) is 6.15. The number of amides is 1. The summed E-state index contributed by atoms with van der Waals surface area (Å²) in [6.07, 6.45) is 3.45. The van der Waals surface area contributed by atoms with E-state index < -0.39 is 6.04 Å². The van der Waals surface area contributed by atoms with Gasteiger partial charge < -0.3 is 19.5 Å². The van der Waals surface area contributed by atoms with Gasteiger partial charge in [-0.1, -0.05) is 23.8 Å². The van der Waals surface area contributed by atoms with Crippen LogP contribution < -0.4 is 9.47 Å². The number of aromatic nitrogens is 3. The number of pyridine rings is 1. The molecule has 35 heavy (non-hydrogen) atoms. The minimum Gasteiger partial charge on any atom is -0.507 e. The number of carbonyl (C=O) groups excluding carboxylic acids is 1. The van der Waals surface area contributed by atoms with E-state index in [2.05, 4.69) is 15.2 Å². The van der Waals surface area contributed by atoms with E-state index in [1.807, 2.05) is 56.3 Å². The molecule has 5 rings (SSSR count). The second kappa shape index (κ2) is 9.13. The zero-order valence-corrected chi connectivity index (χ0v) is 19.8. The second-order valence-electron chi connectivity index (χ2n) is 8.42. The maximum atomic E-state index is 13.6. The Kier molecular flexibility index (Phi) is 5.86. The van der Waals surface area contributed by atoms with Gasteiger partial charge in [-0.25, -0.2) is 0 Å². The Morgan fingerprint density at radius 2 is 2.00 bits per heavy atom. The van der Waals surface area contributed by atoms with Crippen molar-refractivity contribution in [3.8, 4) is 28.5 Å². The van der Waals surface area contributed by atoms with Crippen LogP contribution in [0.3, 0.4) is 0 Å². The van der Waals surface area contributed by atoms with Crippen molar-refractivity contribution in [3.63, 3.8) is 0 Å². The van der Waals surface area contributed by atoms with Crippen LogP contribution >= 0.6 is 0 Å². The molecule has 0 aliphatic carbocycles. The monoisotopic (exact) mass is 470 g/mol. The molecule has 2 aromatic heterocycles. The van der Waals surface area contributed by atoms with Crippen LogP contribution in [0.25, 0.3) is 11.3 Å². The predicted molar refractivity (Wildman–Crippen MR) is 131 cm³/mol. The highest BCUT2D eigenvalue weighted by Crippen LogP contribution is 2.46. The summed E-state index contributed by atoms with van der Waals surface area (Å²) in [5.41, 5.74) is 4.96. The van der Waals surface area contributed by atoms with Crippen molar-refractivity contribution in [3.05, 3.63) is 88.9 Å². The molecule has 0 radical (unpaired) electrons. The van der Waals surface area contributed by atoms with Crippen molar-refractivity contribution in [2.45, 2.75) is 26.4 Å². The van der Waals surface area contributed by atoms with E-state index in [1.54, 1.807) is 30.5 Å². The van der Waals surface area contributed by atoms with Crippen molar-refractivity contribution < 1.29 is 19.4 Å². The minimum atomic E-state index is -0.462. The Balaban J connectivity index is 1.68. The first kappa shape index (κ1) is 22.5. The molecule has 1 aliphatic rings. The van der Waals surface area contributed by atoms with Crippen LogP contribution in [0.15, 0.2) is 60.9 Å². The molecule has 0 unspecified atom stereocenters. The second-order valence-corrected chi connectivity index (χ2v) is 8.42. The summed E-state index contributed by atoms with van der Waals surface area (Å²) >= 11 is 0. The van der Waals surface area contributed by atoms with Crippen LogP contribution in [0.1, 0.15) is 45.7 Å². The number of carbonyl (C=O) groups is 1. The molecule has 8 heteroatoms. The summed E-state index contributed by atoms with van der Waals surface area (Å²) in [7, 11) is 1.59. The topological polar surface area (TPSA) is 101 Å². The van der Waals surface area contributed by atoms with E-state index in [0.717, 1.165) is 16.7 Å². The molecule has 0 saturated carbocycles. The lowest BCUT2D eigenvalue weighted by Crippen LogP contribution is -2.29. The molecule has 8 nitrogen and oxygen atoms in total. The van der Waals surface area contributed by atoms with E-state index in [4.69, 9.17) is 9.47 Å². The number of H-pyrrole nitrogens is 1. The van der Waals surface area contributed by atoms with E-state index in [1.165, 1.54) is 0 Å². The quantitative estimate of drug-likeness (QED) is 0.408. The fourth-order valence-electron chi connectivity index (χ4n) is 4.57. The SMILES string of the molecule is CCOc1ccc([C@H]2c3c(-c4cc(C)ccc4O)n[nH]c3C(=O)N2Cc2cccnc2)cc1OC. The summed E-state index contributed by atoms with van der Waals surface area (Å²) in [5, 5.41) is 18.0. The lowest BCUT2D eigenvalue weighted by atomic mass is 9.94. The third-order valence-corrected chi connectivity index (χ3v) is 6.15. The number of aromatic amines is 1. The number of phenols is 1. The summed E-state index contributed by atoms with van der Waals surface area (Å²) < 4.78 is 11.3. The molecule has 0 saturated heterocycles. The fraction of sp³-hybridized carbons (Fsp3) is 0.222. The van der Waals surface area contributed by atoms with Crippen LogP contribution in [-0.4, -0.2) is 44.8 Å². The van der Waals surface area contributed by atoms with Gasteiger partial charge >= 0.3 is 0 Å². The largest absolute Gasteiger partial charge is 0.507 e. The summed E-state index contributed by atoms with van der Waals surface area (Å²) in [6, 6.07) is 14.4. The Bertz CT molecular complexity index is 1380. The smallest absolute Gasteiger partial charge is 0.273 e. The van der Waals surface area contributed by atoms with Crippen LogP contribution in [0.4, 0.5) is 0 Å². The molecule has 2 N–H and O–H groups in total. The first-order valence-corrected chi connectivity index (χ1v) is 11.4. The number of aromatic hydroxyl groups is 1. The Hall–Kier alpha value is -4.33. The Morgan fingerprint density at radius 3 is 2.74 bits per heavy atom. The average Bonchev–Trinajstić information content (AvgIpc) is 3.41. The molecule has 2 aromatic carbocycles. The van der Waals surface area contributed by atoms with Gasteiger partial charge in [0.15, 0.2) is 11.5 Å². The zero-order valence-electron chi connectivity index (χ0n) is 19.8. The molecular formula is C27H26N4O4. The van der Waals surface area contributed by atoms with Gasteiger partial charge in [0.1, 0.15) is 17.1 Å². The van der Waals surface area contributed by atoms with Gasteiger partial charge in [0.2, 0.25) is 0 Å². The van der Waals surface area contributed by atoms with Crippen LogP contribution in [0.5, 0.6) is 17.2 Å². The Morgan fingerprint density at radius 1 is 1.14 bits per heavy atom. The van der Waals surface area contributed by atoms with Gasteiger partial charge in [-0.05, 0) is 55.3 Å². The highest BCUT2D eigenvalue weighted by atomic mass is 16.5. The first-order valence-electron chi connectivity index (χ1n) is 11.4. The van der Waals surface area contributed by atoms with E-state index in [9.17, 15) is 9.90 Å². The maximum absolute atomic E-state index is 13.6. The number of phenolic OH excluding ortho intramolecular Hbond substituents is 1. The number of nitrogens with zero attached hydrogens (tertiary/aromatic N) is 3. The van der Waals surface area contributed by atoms with Crippen molar-refractivity contribution in [1.29, 1.82) is 0 Å². The molecule has 1 aliphatic heterocycles. The average molecular weight is 471 g/mol. The van der Waals surface area contributed by atoms with Crippen LogP contribution in [0, 0.1) is 6.92 Å². The fourth-order valence-corrected chi connectivity index (χ4v) is 4.57. The number of rotatable bonds is 7. The summed E-state index contributed by atoms with van der Waals surface area (Å²) in [5.74, 6) is 1.14. The van der Waals surface area contributed by atoms with Crippen LogP contribution in [-0.2, 0) is 6.54 Å². The van der Waals surface area contributed by atoms with Gasteiger partial charge in [0, 0.05) is 30.1 Å². The number of ether oxygens (including phenoxy) is 2. The molecule has 4 aromatic rings. The van der Waals surface area contributed by atoms with Crippen molar-refractivity contribution >= 4 is 5.91 Å². The molecular weight excluding hydrogens is 444 g/mol. The third kappa shape index (κ3) is 3.97. The summed E-state index contributed by atoms with van der Waals surface area (Å²) in [4.78, 5) is 19.6. The van der Waals surface area contributed by atoms with Gasteiger partial charge in [-0.15, -0.1) is 0 Å². The van der Waals surface area contributed by atoms with Gasteiger partial charge in [0.05, 0.1) is 19.8 Å². The minimum absolute atomic E-state index is 0.103. The van der Waals surface area contributed by atoms with E-state index >= 15 is 0 Å². The number of fused-ring (bicyclic) bond motifs is 1. The standard InChI is InChI=1S/C27H26N4O4/c1-4-35-21-10-8-18(13-22(21)34-3)26-23-24(19-12-16(2)7-9-20(19)32)29-30-25(23)27(33)31(26)15-17-6-5-11-28-14-17/h5-14,26,32H,4,15H2,1-3H3,(H,29,30)/t26-/m0/s1. The molecule has 3 heterocycles. The number of benzene rings is 2. The molecule has 1 atom stereocenters. The highest BCUT2D eigenvalue weighted by Gasteiger charge is 2.42. The van der Waals surface area contributed by atoms with Crippen molar-refractivity contribution in [1.82, 2.24) is 20.1 Å². The number of aryl methyl sites for hydroxylation is 1. The molecule has 0 spiro atoms. The highest BCUT2D eigenvalue weighted by molar-refractivity contribution is 6.00. The van der Waals surface area contributed by atoms with Gasteiger partial charge in [-0.2, -0.15) is 5.10 Å². The predicted octanol–water partition coefficient (Wildman–Crippen LogP) is 4.64. The molecule has 178 valence electrons. The number of hydrogen-bond acceptors (Lipinski definition) is 6. The lowest BCUT2D eigenvalue weighted by Gasteiger charge is -2.27. The van der Waals surface area contributed by atoms with Gasteiger partial charge in [0.25, 0.3) is 5.91 Å². The van der Waals surface area contributed by atoms with Crippen LogP contribution in [0.2, 0.25) is 0 Å². The van der Waals surface area contributed by atoms with E-state index in [0.29, 0.717) is 47.2 Å². The first-order chi connectivity index (χ1) is 17.0. The van der Waals surface area contributed by atoms with Crippen molar-refractivity contribution in [2.24, 2.45) is 0 Å². The Labute approximate surface area is 203 Å². The molecule has 0 fully saturated rings. The maximum Gasteiger partial charge on any atom is 0.273 e. The summed E-state index contributed by atoms with van der Waals surface area (Å²) in [6.45, 7) is 4.73. The molecule has 1 amide bonds. The van der Waals surface area contributed by atoms with E-state index in [-0.39, 0.29) is 11.7 Å². The van der Waals surface area contributed by atoms with Gasteiger partial charge in [-0.3, -0.25) is 14.9 Å². The number of nitrogens with one attached hydrogen (secondary N) is 1. The number of methoxy groups -OCH3 is 1. The van der Waals surface area contributed by atoms with Crippen molar-refractivity contribution in [2.75, 3.05) is 13.7 Å². The molecule has 0 bridgehead atoms. The number of hydrogen-bond donors (Lipinski definition) is 2. The normalized spacial score (nSPS) is 14.8. The zero-order chi connectivity index (χ0) is 24.5. The lowest BCUT2D eigenvalue weighted by molar-refractivity contribution is 0.0729.